The number of aromatic nitrogens is 2. The fraction of sp³-hybridized carbons (Fsp3) is 0.276. The predicted molar refractivity (Wildman–Crippen MR) is 146 cm³/mol. The summed E-state index contributed by atoms with van der Waals surface area (Å²) in [5.74, 6) is 1.77. The van der Waals surface area contributed by atoms with Crippen molar-refractivity contribution in [1.82, 2.24) is 15.0 Å². The molecule has 190 valence electrons. The van der Waals surface area contributed by atoms with Crippen molar-refractivity contribution in [1.29, 1.82) is 0 Å². The molecule has 0 spiro atoms. The van der Waals surface area contributed by atoms with Crippen LogP contribution in [0.2, 0.25) is 0 Å². The SMILES string of the molecule is O=C(Nc1cccc(OCCc2ccccc2)c1)C1CCCN(Cc2nc(-c3cccc(Br)c3)no2)C1. The number of piperidine rings is 1. The number of amides is 1. The van der Waals surface area contributed by atoms with E-state index in [1.165, 1.54) is 5.56 Å². The average molecular weight is 561 g/mol. The van der Waals surface area contributed by atoms with Crippen molar-refractivity contribution in [3.63, 3.8) is 0 Å². The molecule has 1 unspecified atom stereocenters. The van der Waals surface area contributed by atoms with E-state index < -0.39 is 0 Å². The Labute approximate surface area is 225 Å². The van der Waals surface area contributed by atoms with Crippen LogP contribution < -0.4 is 10.1 Å². The number of carbonyl (C=O) groups is 1. The Balaban J connectivity index is 1.13. The first-order chi connectivity index (χ1) is 18.1. The molecular weight excluding hydrogens is 532 g/mol. The van der Waals surface area contributed by atoms with Gasteiger partial charge in [-0.3, -0.25) is 9.69 Å². The third kappa shape index (κ3) is 7.05. The highest BCUT2D eigenvalue weighted by Crippen LogP contribution is 2.24. The second-order valence-corrected chi connectivity index (χ2v) is 10.1. The highest BCUT2D eigenvalue weighted by Gasteiger charge is 2.27. The molecule has 4 aromatic rings. The van der Waals surface area contributed by atoms with E-state index in [-0.39, 0.29) is 11.8 Å². The van der Waals surface area contributed by atoms with Gasteiger partial charge in [0.05, 0.1) is 19.1 Å². The number of rotatable bonds is 9. The van der Waals surface area contributed by atoms with Gasteiger partial charge in [-0.05, 0) is 49.2 Å². The molecule has 1 aromatic heterocycles. The zero-order valence-electron chi connectivity index (χ0n) is 20.5. The molecule has 3 aromatic carbocycles. The molecule has 0 aliphatic carbocycles. The maximum atomic E-state index is 13.1. The van der Waals surface area contributed by atoms with Crippen LogP contribution in [0.1, 0.15) is 24.3 Å². The Morgan fingerprint density at radius 2 is 1.95 bits per heavy atom. The van der Waals surface area contributed by atoms with E-state index in [0.29, 0.717) is 31.4 Å². The van der Waals surface area contributed by atoms with Crippen LogP contribution in [0.5, 0.6) is 5.75 Å². The van der Waals surface area contributed by atoms with Gasteiger partial charge in [0, 0.05) is 34.8 Å². The lowest BCUT2D eigenvalue weighted by Crippen LogP contribution is -2.40. The number of hydrogen-bond acceptors (Lipinski definition) is 6. The smallest absolute Gasteiger partial charge is 0.241 e. The van der Waals surface area contributed by atoms with E-state index >= 15 is 0 Å². The summed E-state index contributed by atoms with van der Waals surface area (Å²) in [6.07, 6.45) is 2.62. The quantitative estimate of drug-likeness (QED) is 0.271. The summed E-state index contributed by atoms with van der Waals surface area (Å²) in [7, 11) is 0. The molecule has 5 rings (SSSR count). The topological polar surface area (TPSA) is 80.5 Å². The van der Waals surface area contributed by atoms with Gasteiger partial charge in [0.1, 0.15) is 5.75 Å². The van der Waals surface area contributed by atoms with Crippen LogP contribution in [0.3, 0.4) is 0 Å². The van der Waals surface area contributed by atoms with Crippen LogP contribution in [-0.4, -0.2) is 40.6 Å². The fourth-order valence-electron chi connectivity index (χ4n) is 4.51. The van der Waals surface area contributed by atoms with E-state index in [2.05, 4.69) is 48.4 Å². The number of hydrogen-bond donors (Lipinski definition) is 1. The standard InChI is InChI=1S/C29H29BrN4O3/c30-24-11-4-9-22(17-24)28-32-27(37-33-28)20-34-15-6-10-23(19-34)29(35)31-25-12-5-13-26(18-25)36-16-14-21-7-2-1-3-8-21/h1-5,7-9,11-13,17-18,23H,6,10,14-16,19-20H2,(H,31,35). The minimum Gasteiger partial charge on any atom is -0.493 e. The molecule has 1 amide bonds. The number of benzene rings is 3. The Morgan fingerprint density at radius 1 is 1.08 bits per heavy atom. The summed E-state index contributed by atoms with van der Waals surface area (Å²) >= 11 is 3.47. The van der Waals surface area contributed by atoms with Crippen molar-refractivity contribution < 1.29 is 14.1 Å². The molecule has 1 fully saturated rings. The first-order valence-electron chi connectivity index (χ1n) is 12.5. The molecular formula is C29H29BrN4O3. The average Bonchev–Trinajstić information content (AvgIpc) is 3.38. The van der Waals surface area contributed by atoms with Crippen molar-refractivity contribution in [2.24, 2.45) is 5.92 Å². The van der Waals surface area contributed by atoms with Gasteiger partial charge in [-0.2, -0.15) is 4.98 Å². The number of carbonyl (C=O) groups excluding carboxylic acids is 1. The predicted octanol–water partition coefficient (Wildman–Crippen LogP) is 5.97. The van der Waals surface area contributed by atoms with Crippen molar-refractivity contribution >= 4 is 27.5 Å². The largest absolute Gasteiger partial charge is 0.493 e. The number of halogens is 1. The van der Waals surface area contributed by atoms with Crippen LogP contribution >= 0.6 is 15.9 Å². The van der Waals surface area contributed by atoms with Crippen molar-refractivity contribution in [2.45, 2.75) is 25.8 Å². The molecule has 1 aliphatic rings. The summed E-state index contributed by atoms with van der Waals surface area (Å²) in [6, 6.07) is 25.6. The minimum atomic E-state index is -0.108. The van der Waals surface area contributed by atoms with Gasteiger partial charge in [-0.25, -0.2) is 0 Å². The van der Waals surface area contributed by atoms with E-state index in [9.17, 15) is 4.79 Å². The van der Waals surface area contributed by atoms with Gasteiger partial charge >= 0.3 is 0 Å². The monoisotopic (exact) mass is 560 g/mol. The van der Waals surface area contributed by atoms with Gasteiger partial charge in [0.15, 0.2) is 0 Å². The molecule has 1 atom stereocenters. The third-order valence-electron chi connectivity index (χ3n) is 6.39. The Bertz CT molecular complexity index is 1330. The van der Waals surface area contributed by atoms with Crippen LogP contribution in [0.4, 0.5) is 5.69 Å². The van der Waals surface area contributed by atoms with Gasteiger partial charge < -0.3 is 14.6 Å². The zero-order valence-corrected chi connectivity index (χ0v) is 22.1. The van der Waals surface area contributed by atoms with Gasteiger partial charge in [-0.15, -0.1) is 0 Å². The Morgan fingerprint density at radius 3 is 2.81 bits per heavy atom. The summed E-state index contributed by atoms with van der Waals surface area (Å²) in [6.45, 7) is 2.64. The lowest BCUT2D eigenvalue weighted by Gasteiger charge is -2.30. The summed E-state index contributed by atoms with van der Waals surface area (Å²) in [5, 5.41) is 7.20. The molecule has 7 nitrogen and oxygen atoms in total. The molecule has 0 radical (unpaired) electrons. The van der Waals surface area contributed by atoms with E-state index in [1.54, 1.807) is 0 Å². The maximum Gasteiger partial charge on any atom is 0.241 e. The molecule has 1 aliphatic heterocycles. The zero-order chi connectivity index (χ0) is 25.5. The number of likely N-dealkylation sites (tertiary alicyclic amines) is 1. The van der Waals surface area contributed by atoms with Crippen LogP contribution in [0.25, 0.3) is 11.4 Å². The number of ether oxygens (including phenoxy) is 1. The van der Waals surface area contributed by atoms with Crippen molar-refractivity contribution in [3.8, 4) is 17.1 Å². The van der Waals surface area contributed by atoms with Crippen molar-refractivity contribution in [3.05, 3.63) is 94.8 Å². The number of anilines is 1. The minimum absolute atomic E-state index is 0.0199. The summed E-state index contributed by atoms with van der Waals surface area (Å²) < 4.78 is 12.4. The van der Waals surface area contributed by atoms with Crippen molar-refractivity contribution in [2.75, 3.05) is 25.0 Å². The molecule has 2 heterocycles. The Hall–Kier alpha value is -3.49. The highest BCUT2D eigenvalue weighted by atomic mass is 79.9. The van der Waals surface area contributed by atoms with Gasteiger partial charge in [0.2, 0.25) is 17.6 Å². The molecule has 1 N–H and O–H groups in total. The van der Waals surface area contributed by atoms with E-state index in [4.69, 9.17) is 9.26 Å². The molecule has 0 saturated carbocycles. The van der Waals surface area contributed by atoms with Crippen LogP contribution in [0.15, 0.2) is 87.9 Å². The van der Waals surface area contributed by atoms with E-state index in [1.807, 2.05) is 66.7 Å². The lowest BCUT2D eigenvalue weighted by molar-refractivity contribution is -0.121. The highest BCUT2D eigenvalue weighted by molar-refractivity contribution is 9.10. The third-order valence-corrected chi connectivity index (χ3v) is 6.88. The molecule has 1 saturated heterocycles. The molecule has 8 heteroatoms. The maximum absolute atomic E-state index is 13.1. The van der Waals surface area contributed by atoms with Gasteiger partial charge in [0.25, 0.3) is 0 Å². The summed E-state index contributed by atoms with van der Waals surface area (Å²) in [5.41, 5.74) is 2.88. The molecule has 37 heavy (non-hydrogen) atoms. The normalized spacial score (nSPS) is 15.9. The van der Waals surface area contributed by atoms with E-state index in [0.717, 1.165) is 47.3 Å². The van der Waals surface area contributed by atoms with Gasteiger partial charge in [-0.1, -0.05) is 69.6 Å². The first-order valence-corrected chi connectivity index (χ1v) is 13.3. The lowest BCUT2D eigenvalue weighted by atomic mass is 9.97. The second-order valence-electron chi connectivity index (χ2n) is 9.20. The fourth-order valence-corrected chi connectivity index (χ4v) is 4.91. The second kappa shape index (κ2) is 12.2. The Kier molecular flexibility index (Phi) is 8.28. The summed E-state index contributed by atoms with van der Waals surface area (Å²) in [4.78, 5) is 19.8. The molecule has 0 bridgehead atoms. The van der Waals surface area contributed by atoms with Crippen LogP contribution in [0, 0.1) is 5.92 Å². The first kappa shape index (κ1) is 25.2. The van der Waals surface area contributed by atoms with Crippen LogP contribution in [-0.2, 0) is 17.8 Å². The number of nitrogens with one attached hydrogen (secondary N) is 1. The number of nitrogens with zero attached hydrogens (tertiary/aromatic N) is 3.